The number of carbonyl (C=O) groups excluding carboxylic acids is 2. The molecule has 7 nitrogen and oxygen atoms in total. The molecule has 2 heterocycles. The van der Waals surface area contributed by atoms with Gasteiger partial charge in [0.25, 0.3) is 0 Å². The van der Waals surface area contributed by atoms with Crippen molar-refractivity contribution in [3.8, 4) is 10.6 Å². The van der Waals surface area contributed by atoms with Gasteiger partial charge in [0.1, 0.15) is 10.6 Å². The molecule has 30 heavy (non-hydrogen) atoms. The average Bonchev–Trinajstić information content (AvgIpc) is 3.15. The Labute approximate surface area is 181 Å². The molecule has 0 spiro atoms. The van der Waals surface area contributed by atoms with E-state index in [2.05, 4.69) is 10.3 Å². The van der Waals surface area contributed by atoms with E-state index in [1.54, 1.807) is 28.4 Å². The van der Waals surface area contributed by atoms with Gasteiger partial charge in [0.2, 0.25) is 5.91 Å². The Balaban J connectivity index is 1.52. The zero-order valence-electron chi connectivity index (χ0n) is 18.1. The van der Waals surface area contributed by atoms with Crippen molar-refractivity contribution in [1.82, 2.24) is 14.8 Å². The van der Waals surface area contributed by atoms with Gasteiger partial charge < -0.3 is 15.4 Å². The Morgan fingerprint density at radius 2 is 1.87 bits per heavy atom. The molecule has 0 saturated carbocycles. The van der Waals surface area contributed by atoms with E-state index in [1.165, 1.54) is 0 Å². The van der Waals surface area contributed by atoms with Gasteiger partial charge in [-0.3, -0.25) is 9.69 Å². The summed E-state index contributed by atoms with van der Waals surface area (Å²) >= 11 is 1.60. The first-order valence-electron chi connectivity index (χ1n) is 10.2. The van der Waals surface area contributed by atoms with Crippen LogP contribution in [0, 0.1) is 0 Å². The van der Waals surface area contributed by atoms with Crippen LogP contribution in [0.1, 0.15) is 49.7 Å². The van der Waals surface area contributed by atoms with Crippen LogP contribution in [0.5, 0.6) is 0 Å². The standard InChI is InChI=1S/C22H30N4O3S/c1-22(2,3)29-21(28)25(4)18-9-11-26(12-10-18)13-17-14-30-20(24-17)16-7-5-15(6-8-16)19(23)27/h5-8,14,18H,9-13H2,1-4H3,(H2,23,27). The minimum absolute atomic E-state index is 0.200. The molecule has 0 unspecified atom stereocenters. The van der Waals surface area contributed by atoms with Crippen LogP contribution in [0.4, 0.5) is 4.79 Å². The first-order chi connectivity index (χ1) is 14.1. The number of nitrogens with zero attached hydrogens (tertiary/aromatic N) is 3. The lowest BCUT2D eigenvalue weighted by Gasteiger charge is -2.37. The van der Waals surface area contributed by atoms with Crippen molar-refractivity contribution in [2.45, 2.75) is 51.8 Å². The second kappa shape index (κ2) is 9.14. The summed E-state index contributed by atoms with van der Waals surface area (Å²) in [6.07, 6.45) is 1.58. The third-order valence-electron chi connectivity index (χ3n) is 5.14. The molecule has 2 N–H and O–H groups in total. The second-order valence-electron chi connectivity index (χ2n) is 8.68. The summed E-state index contributed by atoms with van der Waals surface area (Å²) in [6, 6.07) is 7.41. The fraction of sp³-hybridized carbons (Fsp3) is 0.500. The summed E-state index contributed by atoms with van der Waals surface area (Å²) in [5.41, 5.74) is 7.33. The summed E-state index contributed by atoms with van der Waals surface area (Å²) in [5, 5.41) is 3.01. The third kappa shape index (κ3) is 5.79. The summed E-state index contributed by atoms with van der Waals surface area (Å²) in [5.74, 6) is -0.429. The van der Waals surface area contributed by atoms with E-state index in [1.807, 2.05) is 40.0 Å². The normalized spacial score (nSPS) is 15.7. The predicted octanol–water partition coefficient (Wildman–Crippen LogP) is 3.74. The maximum Gasteiger partial charge on any atom is 0.410 e. The number of nitrogens with two attached hydrogens (primary N) is 1. The zero-order chi connectivity index (χ0) is 21.9. The van der Waals surface area contributed by atoms with Crippen LogP contribution in [0.3, 0.4) is 0 Å². The molecule has 1 aliphatic heterocycles. The van der Waals surface area contributed by atoms with Gasteiger partial charge in [0, 0.05) is 49.2 Å². The van der Waals surface area contributed by atoms with Crippen molar-refractivity contribution in [1.29, 1.82) is 0 Å². The number of hydrogen-bond donors (Lipinski definition) is 1. The summed E-state index contributed by atoms with van der Waals surface area (Å²) in [6.45, 7) is 8.27. The molecule has 1 aromatic heterocycles. The van der Waals surface area contributed by atoms with E-state index in [9.17, 15) is 9.59 Å². The zero-order valence-corrected chi connectivity index (χ0v) is 18.9. The summed E-state index contributed by atoms with van der Waals surface area (Å²) < 4.78 is 5.48. The second-order valence-corrected chi connectivity index (χ2v) is 9.54. The topological polar surface area (TPSA) is 88.8 Å². The highest BCUT2D eigenvalue weighted by Crippen LogP contribution is 2.26. The number of thiazole rings is 1. The Morgan fingerprint density at radius 1 is 1.23 bits per heavy atom. The van der Waals surface area contributed by atoms with Gasteiger partial charge >= 0.3 is 6.09 Å². The van der Waals surface area contributed by atoms with Crippen LogP contribution in [0.2, 0.25) is 0 Å². The van der Waals surface area contributed by atoms with Crippen molar-refractivity contribution in [2.75, 3.05) is 20.1 Å². The number of carbonyl (C=O) groups is 2. The molecule has 1 aromatic carbocycles. The number of benzene rings is 1. The molecule has 0 radical (unpaired) electrons. The summed E-state index contributed by atoms with van der Waals surface area (Å²) in [4.78, 5) is 32.3. The van der Waals surface area contributed by atoms with E-state index in [-0.39, 0.29) is 12.1 Å². The van der Waals surface area contributed by atoms with Gasteiger partial charge in [-0.05, 0) is 45.7 Å². The Bertz CT molecular complexity index is 881. The highest BCUT2D eigenvalue weighted by molar-refractivity contribution is 7.13. The third-order valence-corrected chi connectivity index (χ3v) is 6.08. The number of amides is 2. The minimum atomic E-state index is -0.478. The van der Waals surface area contributed by atoms with E-state index in [4.69, 9.17) is 15.5 Å². The molecule has 8 heteroatoms. The quantitative estimate of drug-likeness (QED) is 0.781. The Kier molecular flexibility index (Phi) is 6.77. The molecule has 0 atom stereocenters. The number of primary amides is 1. The maximum absolute atomic E-state index is 12.3. The lowest BCUT2D eigenvalue weighted by molar-refractivity contribution is 0.0148. The molecule has 0 bridgehead atoms. The molecule has 162 valence electrons. The highest BCUT2D eigenvalue weighted by atomic mass is 32.1. The fourth-order valence-electron chi connectivity index (χ4n) is 3.47. The molecular formula is C22H30N4O3S. The van der Waals surface area contributed by atoms with E-state index < -0.39 is 11.5 Å². The molecular weight excluding hydrogens is 400 g/mol. The Hall–Kier alpha value is -2.45. The molecule has 0 aliphatic carbocycles. The van der Waals surface area contributed by atoms with Crippen LogP contribution in [0.25, 0.3) is 10.6 Å². The lowest BCUT2D eigenvalue weighted by Crippen LogP contribution is -2.46. The van der Waals surface area contributed by atoms with Gasteiger partial charge in [-0.1, -0.05) is 12.1 Å². The first kappa shape index (κ1) is 22.2. The largest absolute Gasteiger partial charge is 0.444 e. The van der Waals surface area contributed by atoms with E-state index in [0.717, 1.165) is 48.7 Å². The van der Waals surface area contributed by atoms with Crippen LogP contribution in [0.15, 0.2) is 29.6 Å². The van der Waals surface area contributed by atoms with Crippen molar-refractivity contribution in [2.24, 2.45) is 5.73 Å². The van der Waals surface area contributed by atoms with Gasteiger partial charge in [0.05, 0.1) is 5.69 Å². The van der Waals surface area contributed by atoms with Crippen molar-refractivity contribution in [3.63, 3.8) is 0 Å². The van der Waals surface area contributed by atoms with E-state index in [0.29, 0.717) is 5.56 Å². The maximum atomic E-state index is 12.3. The molecule has 3 rings (SSSR count). The predicted molar refractivity (Wildman–Crippen MR) is 118 cm³/mol. The van der Waals surface area contributed by atoms with Crippen LogP contribution < -0.4 is 5.73 Å². The first-order valence-corrected chi connectivity index (χ1v) is 11.0. The number of ether oxygens (including phenoxy) is 1. The fourth-order valence-corrected chi connectivity index (χ4v) is 4.28. The monoisotopic (exact) mass is 430 g/mol. The lowest BCUT2D eigenvalue weighted by atomic mass is 10.0. The molecule has 1 fully saturated rings. The van der Waals surface area contributed by atoms with Crippen molar-refractivity contribution >= 4 is 23.3 Å². The number of piperidine rings is 1. The van der Waals surface area contributed by atoms with Gasteiger partial charge in [-0.2, -0.15) is 0 Å². The minimum Gasteiger partial charge on any atom is -0.444 e. The van der Waals surface area contributed by atoms with Crippen molar-refractivity contribution in [3.05, 3.63) is 40.9 Å². The number of rotatable bonds is 5. The molecule has 2 amide bonds. The smallest absolute Gasteiger partial charge is 0.410 e. The number of aromatic nitrogens is 1. The van der Waals surface area contributed by atoms with E-state index >= 15 is 0 Å². The SMILES string of the molecule is CN(C(=O)OC(C)(C)C)C1CCN(Cc2csc(-c3ccc(C(N)=O)cc3)n2)CC1. The van der Waals surface area contributed by atoms with Crippen LogP contribution >= 0.6 is 11.3 Å². The number of hydrogen-bond acceptors (Lipinski definition) is 6. The van der Waals surface area contributed by atoms with Crippen molar-refractivity contribution < 1.29 is 14.3 Å². The number of likely N-dealkylation sites (tertiary alicyclic amines) is 1. The summed E-state index contributed by atoms with van der Waals surface area (Å²) in [7, 11) is 1.82. The average molecular weight is 431 g/mol. The van der Waals surface area contributed by atoms with Gasteiger partial charge in [-0.25, -0.2) is 9.78 Å². The Morgan fingerprint density at radius 3 is 2.43 bits per heavy atom. The van der Waals surface area contributed by atoms with Crippen LogP contribution in [-0.2, 0) is 11.3 Å². The van der Waals surface area contributed by atoms with Crippen LogP contribution in [-0.4, -0.2) is 58.6 Å². The molecule has 1 saturated heterocycles. The molecule has 1 aliphatic rings. The highest BCUT2D eigenvalue weighted by Gasteiger charge is 2.28. The molecule has 2 aromatic rings. The van der Waals surface area contributed by atoms with Gasteiger partial charge in [-0.15, -0.1) is 11.3 Å². The van der Waals surface area contributed by atoms with Gasteiger partial charge in [0.15, 0.2) is 0 Å².